The van der Waals surface area contributed by atoms with E-state index >= 15 is 0 Å². The van der Waals surface area contributed by atoms with Crippen molar-refractivity contribution in [3.05, 3.63) is 59.7 Å². The molecule has 3 rings (SSSR count). The van der Waals surface area contributed by atoms with Crippen molar-refractivity contribution in [2.75, 3.05) is 25.6 Å². The van der Waals surface area contributed by atoms with E-state index in [0.29, 0.717) is 6.04 Å². The Balaban J connectivity index is 2.10. The average molecular weight is 336 g/mol. The number of methoxy groups -OCH3 is 1. The molecule has 25 heavy (non-hydrogen) atoms. The van der Waals surface area contributed by atoms with Crippen LogP contribution in [0.15, 0.2) is 53.5 Å². The van der Waals surface area contributed by atoms with Crippen LogP contribution in [0.3, 0.4) is 0 Å². The average Bonchev–Trinajstić information content (AvgIpc) is 2.87. The normalized spacial score (nSPS) is 22.4. The van der Waals surface area contributed by atoms with Gasteiger partial charge in [-0.15, -0.1) is 0 Å². The monoisotopic (exact) mass is 336 g/mol. The predicted octanol–water partition coefficient (Wildman–Crippen LogP) is 4.49. The van der Waals surface area contributed by atoms with Crippen LogP contribution in [0.25, 0.3) is 0 Å². The maximum Gasteiger partial charge on any atom is 0.119 e. The third kappa shape index (κ3) is 3.15. The molecule has 132 valence electrons. The lowest BCUT2D eigenvalue weighted by molar-refractivity contribution is 0.385. The lowest BCUT2D eigenvalue weighted by atomic mass is 9.73. The van der Waals surface area contributed by atoms with E-state index in [0.717, 1.165) is 25.1 Å². The molecule has 0 spiro atoms. The van der Waals surface area contributed by atoms with Crippen LogP contribution >= 0.6 is 0 Å². The van der Waals surface area contributed by atoms with Crippen LogP contribution in [0.1, 0.15) is 31.4 Å². The SMILES string of the molecule is CCN1c2ccc(OC)cc2C(C)(Cc2ccccc2)C1CC=NC. The topological polar surface area (TPSA) is 24.8 Å². The molecule has 0 N–H and O–H groups in total. The van der Waals surface area contributed by atoms with Crippen molar-refractivity contribution >= 4 is 11.9 Å². The number of anilines is 1. The van der Waals surface area contributed by atoms with Gasteiger partial charge in [-0.05, 0) is 42.7 Å². The van der Waals surface area contributed by atoms with Gasteiger partial charge in [0.05, 0.1) is 7.11 Å². The molecule has 0 bridgehead atoms. The second-order valence-electron chi connectivity index (χ2n) is 6.94. The zero-order chi connectivity index (χ0) is 17.9. The maximum absolute atomic E-state index is 5.52. The number of hydrogen-bond acceptors (Lipinski definition) is 3. The molecule has 0 saturated carbocycles. The second-order valence-corrected chi connectivity index (χ2v) is 6.94. The van der Waals surface area contributed by atoms with E-state index in [1.54, 1.807) is 7.11 Å². The van der Waals surface area contributed by atoms with Gasteiger partial charge < -0.3 is 14.6 Å². The van der Waals surface area contributed by atoms with E-state index in [2.05, 4.69) is 78.5 Å². The smallest absolute Gasteiger partial charge is 0.119 e. The highest BCUT2D eigenvalue weighted by molar-refractivity contribution is 5.70. The lowest BCUT2D eigenvalue weighted by Crippen LogP contribution is -2.44. The molecule has 1 heterocycles. The van der Waals surface area contributed by atoms with Gasteiger partial charge in [-0.3, -0.25) is 0 Å². The Morgan fingerprint density at radius 1 is 1.20 bits per heavy atom. The van der Waals surface area contributed by atoms with Gasteiger partial charge in [-0.2, -0.15) is 0 Å². The van der Waals surface area contributed by atoms with Crippen molar-refractivity contribution in [1.29, 1.82) is 0 Å². The number of ether oxygens (including phenoxy) is 1. The zero-order valence-electron chi connectivity index (χ0n) is 15.7. The van der Waals surface area contributed by atoms with Crippen molar-refractivity contribution in [1.82, 2.24) is 0 Å². The highest BCUT2D eigenvalue weighted by Gasteiger charge is 2.46. The number of fused-ring (bicyclic) bond motifs is 1. The largest absolute Gasteiger partial charge is 0.497 e. The minimum Gasteiger partial charge on any atom is -0.497 e. The number of likely N-dealkylation sites (N-methyl/N-ethyl adjacent to an activating group) is 1. The van der Waals surface area contributed by atoms with Crippen LogP contribution in [0.5, 0.6) is 5.75 Å². The predicted molar refractivity (Wildman–Crippen MR) is 106 cm³/mol. The highest BCUT2D eigenvalue weighted by atomic mass is 16.5. The molecule has 0 amide bonds. The van der Waals surface area contributed by atoms with Crippen LogP contribution in [0.4, 0.5) is 5.69 Å². The number of rotatable bonds is 6. The van der Waals surface area contributed by atoms with Gasteiger partial charge in [0.2, 0.25) is 0 Å². The zero-order valence-corrected chi connectivity index (χ0v) is 15.7. The molecule has 2 aromatic carbocycles. The molecule has 1 aliphatic heterocycles. The van der Waals surface area contributed by atoms with Crippen molar-refractivity contribution in [2.45, 2.75) is 38.1 Å². The number of benzene rings is 2. The Kier molecular flexibility index (Phi) is 5.12. The summed E-state index contributed by atoms with van der Waals surface area (Å²) >= 11 is 0. The standard InChI is InChI=1S/C22H28N2O/c1-5-24-20-12-11-18(25-4)15-19(20)22(2,21(24)13-14-23-3)16-17-9-7-6-8-10-17/h6-12,14-15,21H,5,13,16H2,1-4H3. The van der Waals surface area contributed by atoms with Crippen LogP contribution < -0.4 is 9.64 Å². The fourth-order valence-corrected chi connectivity index (χ4v) is 4.26. The molecular formula is C22H28N2O. The molecule has 0 saturated heterocycles. The molecule has 0 fully saturated rings. The quantitative estimate of drug-likeness (QED) is 0.726. The molecule has 0 aromatic heterocycles. The third-order valence-corrected chi connectivity index (χ3v) is 5.51. The molecular weight excluding hydrogens is 308 g/mol. The molecule has 2 atom stereocenters. The minimum atomic E-state index is 0.0163. The van der Waals surface area contributed by atoms with E-state index < -0.39 is 0 Å². The minimum absolute atomic E-state index is 0.0163. The van der Waals surface area contributed by atoms with Crippen molar-refractivity contribution in [2.24, 2.45) is 4.99 Å². The first-order valence-electron chi connectivity index (χ1n) is 9.03. The van der Waals surface area contributed by atoms with Gasteiger partial charge in [0.15, 0.2) is 0 Å². The van der Waals surface area contributed by atoms with E-state index in [1.807, 2.05) is 7.05 Å². The molecule has 3 nitrogen and oxygen atoms in total. The van der Waals surface area contributed by atoms with Gasteiger partial charge in [-0.25, -0.2) is 0 Å². The lowest BCUT2D eigenvalue weighted by Gasteiger charge is -2.36. The molecule has 3 heteroatoms. The van der Waals surface area contributed by atoms with Gasteiger partial charge >= 0.3 is 0 Å². The maximum atomic E-state index is 5.52. The Morgan fingerprint density at radius 3 is 2.60 bits per heavy atom. The van der Waals surface area contributed by atoms with Crippen molar-refractivity contribution in [3.8, 4) is 5.75 Å². The number of nitrogens with zero attached hydrogens (tertiary/aromatic N) is 2. The van der Waals surface area contributed by atoms with Gasteiger partial charge in [0.25, 0.3) is 0 Å². The highest BCUT2D eigenvalue weighted by Crippen LogP contribution is 2.49. The summed E-state index contributed by atoms with van der Waals surface area (Å²) in [6, 6.07) is 17.7. The molecule has 2 aromatic rings. The summed E-state index contributed by atoms with van der Waals surface area (Å²) in [7, 11) is 3.60. The second kappa shape index (κ2) is 7.30. The first kappa shape index (κ1) is 17.5. The van der Waals surface area contributed by atoms with Gasteiger partial charge in [0, 0.05) is 43.4 Å². The first-order valence-corrected chi connectivity index (χ1v) is 9.03. The molecule has 0 radical (unpaired) electrons. The van der Waals surface area contributed by atoms with E-state index in [1.165, 1.54) is 16.8 Å². The van der Waals surface area contributed by atoms with Crippen LogP contribution in [0.2, 0.25) is 0 Å². The van der Waals surface area contributed by atoms with Crippen LogP contribution in [-0.2, 0) is 11.8 Å². The van der Waals surface area contributed by atoms with Crippen molar-refractivity contribution < 1.29 is 4.74 Å². The molecule has 1 aliphatic rings. The fraction of sp³-hybridized carbons (Fsp3) is 0.409. The summed E-state index contributed by atoms with van der Waals surface area (Å²) in [5.74, 6) is 0.930. The summed E-state index contributed by atoms with van der Waals surface area (Å²) in [4.78, 5) is 6.79. The fourth-order valence-electron chi connectivity index (χ4n) is 4.26. The summed E-state index contributed by atoms with van der Waals surface area (Å²) in [6.45, 7) is 5.62. The number of aliphatic imine (C=N–C) groups is 1. The van der Waals surface area contributed by atoms with Gasteiger partial charge in [0.1, 0.15) is 5.75 Å². The Morgan fingerprint density at radius 2 is 1.96 bits per heavy atom. The van der Waals surface area contributed by atoms with E-state index in [-0.39, 0.29) is 5.41 Å². The summed E-state index contributed by atoms with van der Waals surface area (Å²) in [5, 5.41) is 0. The van der Waals surface area contributed by atoms with Crippen LogP contribution in [0, 0.1) is 0 Å². The van der Waals surface area contributed by atoms with E-state index in [9.17, 15) is 0 Å². The third-order valence-electron chi connectivity index (χ3n) is 5.51. The van der Waals surface area contributed by atoms with E-state index in [4.69, 9.17) is 4.74 Å². The Labute approximate surface area is 151 Å². The Bertz CT molecular complexity index is 741. The molecule has 0 aliphatic carbocycles. The van der Waals surface area contributed by atoms with Crippen LogP contribution in [-0.4, -0.2) is 33.0 Å². The number of hydrogen-bond donors (Lipinski definition) is 0. The molecule has 2 unspecified atom stereocenters. The van der Waals surface area contributed by atoms with Crippen molar-refractivity contribution in [3.63, 3.8) is 0 Å². The summed E-state index contributed by atoms with van der Waals surface area (Å²) in [5.41, 5.74) is 4.10. The van der Waals surface area contributed by atoms with Gasteiger partial charge in [-0.1, -0.05) is 37.3 Å². The summed E-state index contributed by atoms with van der Waals surface area (Å²) < 4.78 is 5.52. The Hall–Kier alpha value is -2.29. The first-order chi connectivity index (χ1) is 12.1. The summed E-state index contributed by atoms with van der Waals surface area (Å²) in [6.07, 6.45) is 4.01.